The minimum Gasteiger partial charge on any atom is -0.222 e. The molecular weight excluding hydrogens is 143 g/mol. The Balaban J connectivity index is 3.34. The van der Waals surface area contributed by atoms with E-state index < -0.39 is 0 Å². The number of nitrogens with zero attached hydrogens (tertiary/aromatic N) is 2. The van der Waals surface area contributed by atoms with Crippen molar-refractivity contribution >= 4 is 14.7 Å². The Labute approximate surface area is 62.1 Å². The Morgan fingerprint density at radius 2 is 2.40 bits per heavy atom. The van der Waals surface area contributed by atoms with Gasteiger partial charge in [0.05, 0.1) is 0 Å². The summed E-state index contributed by atoms with van der Waals surface area (Å²) in [5.41, 5.74) is 2.55. The molecule has 50 valence electrons. The van der Waals surface area contributed by atoms with Gasteiger partial charge in [-0.1, -0.05) is 0 Å². The van der Waals surface area contributed by atoms with E-state index in [2.05, 4.69) is 11.1 Å². The maximum absolute atomic E-state index is 8.61. The number of hydrogen-bond donors (Lipinski definition) is 0. The van der Waals surface area contributed by atoms with Crippen LogP contribution in [0.15, 0.2) is 12.3 Å². The van der Waals surface area contributed by atoms with Crippen molar-refractivity contribution < 1.29 is 0 Å². The number of pyridine rings is 1. The summed E-state index contributed by atoms with van der Waals surface area (Å²) in [6, 6.07) is 3.95. The highest BCUT2D eigenvalue weighted by Gasteiger charge is 2.03. The number of aromatic nitrogens is 1. The Kier molecular flexibility index (Phi) is 1.99. The highest BCUT2D eigenvalue weighted by atomic mass is 31.0. The molecule has 10 heavy (non-hydrogen) atoms. The highest BCUT2D eigenvalue weighted by molar-refractivity contribution is 7.27. The van der Waals surface area contributed by atoms with Gasteiger partial charge in [0.15, 0.2) is 5.44 Å². The summed E-state index contributed by atoms with van der Waals surface area (Å²) in [5, 5.41) is 8.61. The lowest BCUT2D eigenvalue weighted by Crippen LogP contribution is -2.04. The fourth-order valence-corrected chi connectivity index (χ4v) is 1.23. The molecule has 1 aromatic rings. The molecule has 0 aliphatic rings. The fraction of sp³-hybridized carbons (Fsp3) is 0.143. The second kappa shape index (κ2) is 2.77. The molecule has 0 saturated heterocycles. The third-order valence-electron chi connectivity index (χ3n) is 1.35. The van der Waals surface area contributed by atoms with E-state index in [0.29, 0.717) is 5.56 Å². The molecule has 0 amide bonds. The number of hydrogen-bond acceptors (Lipinski definition) is 2. The van der Waals surface area contributed by atoms with E-state index in [9.17, 15) is 0 Å². The number of nitriles is 1. The van der Waals surface area contributed by atoms with E-state index in [1.165, 1.54) is 0 Å². The largest absolute Gasteiger partial charge is 0.222 e. The lowest BCUT2D eigenvalue weighted by Gasteiger charge is -1.93. The van der Waals surface area contributed by atoms with Gasteiger partial charge in [-0.25, -0.2) is 4.98 Å². The van der Waals surface area contributed by atoms with E-state index in [0.717, 1.165) is 11.0 Å². The van der Waals surface area contributed by atoms with Crippen LogP contribution in [0.25, 0.3) is 0 Å². The molecule has 0 spiro atoms. The van der Waals surface area contributed by atoms with Crippen molar-refractivity contribution in [1.82, 2.24) is 4.98 Å². The van der Waals surface area contributed by atoms with Gasteiger partial charge in [0.1, 0.15) is 11.6 Å². The Bertz CT molecular complexity index is 268. The maximum atomic E-state index is 8.61. The summed E-state index contributed by atoms with van der Waals surface area (Å²) in [5.74, 6) is 0. The van der Waals surface area contributed by atoms with Gasteiger partial charge in [-0.3, -0.25) is 0 Å². The molecule has 1 aromatic heterocycles. The molecule has 0 N–H and O–H groups in total. The van der Waals surface area contributed by atoms with Crippen molar-refractivity contribution in [3.63, 3.8) is 0 Å². The van der Waals surface area contributed by atoms with Crippen molar-refractivity contribution in [3.8, 4) is 6.07 Å². The van der Waals surface area contributed by atoms with Gasteiger partial charge >= 0.3 is 0 Å². The summed E-state index contributed by atoms with van der Waals surface area (Å²) in [6.07, 6.45) is 1.72. The van der Waals surface area contributed by atoms with Gasteiger partial charge in [0.25, 0.3) is 0 Å². The average molecular weight is 151 g/mol. The zero-order valence-electron chi connectivity index (χ0n) is 5.76. The third kappa shape index (κ3) is 1.15. The minimum atomic E-state index is 0.709. The van der Waals surface area contributed by atoms with Crippen molar-refractivity contribution in [2.45, 2.75) is 6.92 Å². The van der Waals surface area contributed by atoms with Gasteiger partial charge in [-0.15, -0.1) is 0 Å². The van der Waals surface area contributed by atoms with Gasteiger partial charge in [-0.2, -0.15) is 5.26 Å². The van der Waals surface area contributed by atoms with E-state index in [1.807, 2.05) is 13.0 Å². The van der Waals surface area contributed by atoms with Crippen LogP contribution in [0.1, 0.15) is 11.1 Å². The predicted molar refractivity (Wildman–Crippen MR) is 44.4 cm³/mol. The summed E-state index contributed by atoms with van der Waals surface area (Å²) < 4.78 is 0. The van der Waals surface area contributed by atoms with Crippen LogP contribution in [0.3, 0.4) is 0 Å². The average Bonchev–Trinajstić information content (AvgIpc) is 1.88. The first-order valence-corrected chi connectivity index (χ1v) is 3.64. The lowest BCUT2D eigenvalue weighted by molar-refractivity contribution is 1.31. The Hall–Kier alpha value is -0.930. The Morgan fingerprint density at radius 1 is 1.70 bits per heavy atom. The Morgan fingerprint density at radius 3 is 2.80 bits per heavy atom. The molecule has 0 aromatic carbocycles. The topological polar surface area (TPSA) is 36.7 Å². The van der Waals surface area contributed by atoms with E-state index in [-0.39, 0.29) is 0 Å². The van der Waals surface area contributed by atoms with Crippen LogP contribution in [0, 0.1) is 18.3 Å². The van der Waals surface area contributed by atoms with Gasteiger partial charge < -0.3 is 0 Å². The smallest absolute Gasteiger partial charge is 0.192 e. The zero-order chi connectivity index (χ0) is 7.56. The summed E-state index contributed by atoms with van der Waals surface area (Å²) in [4.78, 5) is 4.00. The minimum absolute atomic E-state index is 0.709. The molecule has 1 rings (SSSR count). The molecule has 0 saturated carbocycles. The van der Waals surface area contributed by atoms with Crippen LogP contribution in [0.2, 0.25) is 0 Å². The van der Waals surface area contributed by atoms with Crippen LogP contribution >= 0.6 is 9.24 Å². The normalized spacial score (nSPS) is 9.20. The van der Waals surface area contributed by atoms with Crippen LogP contribution in [-0.2, 0) is 0 Å². The van der Waals surface area contributed by atoms with E-state index >= 15 is 0 Å². The fourth-order valence-electron chi connectivity index (χ4n) is 0.767. The highest BCUT2D eigenvalue weighted by Crippen LogP contribution is 2.02. The maximum Gasteiger partial charge on any atom is 0.192 e. The standard InChI is InChI=1S/C7H7N2P/c1-5-2-3-9-7(10)6(5)4-8/h2-3H,10H2,1H3/p+1. The number of aryl methyl sites for hydroxylation is 1. The van der Waals surface area contributed by atoms with Crippen LogP contribution < -0.4 is 5.44 Å². The second-order valence-corrected chi connectivity index (χ2v) is 2.73. The third-order valence-corrected chi connectivity index (χ3v) is 1.89. The van der Waals surface area contributed by atoms with Crippen molar-refractivity contribution in [3.05, 3.63) is 23.4 Å². The lowest BCUT2D eigenvalue weighted by atomic mass is 10.2. The first-order valence-electron chi connectivity index (χ1n) is 2.93. The molecule has 1 heterocycles. The summed E-state index contributed by atoms with van der Waals surface area (Å²) in [6.45, 7) is 1.91. The molecule has 1 atom stereocenters. The van der Waals surface area contributed by atoms with Gasteiger partial charge in [0.2, 0.25) is 0 Å². The molecule has 0 aliphatic carbocycles. The van der Waals surface area contributed by atoms with Crippen molar-refractivity contribution in [1.29, 1.82) is 5.26 Å². The molecule has 1 unspecified atom stereocenters. The first-order chi connectivity index (χ1) is 4.75. The molecule has 0 aliphatic heterocycles. The molecule has 0 radical (unpaired) electrons. The molecule has 2 nitrogen and oxygen atoms in total. The van der Waals surface area contributed by atoms with Gasteiger partial charge in [-0.05, 0) is 18.6 Å². The quantitative estimate of drug-likeness (QED) is 0.506. The van der Waals surface area contributed by atoms with Gasteiger partial charge in [0, 0.05) is 15.4 Å². The zero-order valence-corrected chi connectivity index (χ0v) is 7.17. The molecule has 3 heteroatoms. The van der Waals surface area contributed by atoms with Crippen molar-refractivity contribution in [2.75, 3.05) is 0 Å². The second-order valence-electron chi connectivity index (χ2n) is 2.06. The summed E-state index contributed by atoms with van der Waals surface area (Å²) >= 11 is 0. The van der Waals surface area contributed by atoms with Crippen LogP contribution in [0.4, 0.5) is 0 Å². The first kappa shape index (κ1) is 7.18. The predicted octanol–water partition coefficient (Wildman–Crippen LogP) is 0.494. The number of rotatable bonds is 0. The monoisotopic (exact) mass is 151 g/mol. The van der Waals surface area contributed by atoms with Crippen LogP contribution in [-0.4, -0.2) is 4.98 Å². The van der Waals surface area contributed by atoms with E-state index in [1.54, 1.807) is 15.4 Å². The van der Waals surface area contributed by atoms with Crippen LogP contribution in [0.5, 0.6) is 0 Å². The summed E-state index contributed by atoms with van der Waals surface area (Å²) in [7, 11) is 1.64. The molecule has 0 bridgehead atoms. The SMILES string of the molecule is Cc1ccnc([PH3+])c1C#N. The van der Waals surface area contributed by atoms with E-state index in [4.69, 9.17) is 5.26 Å². The molecular formula is C7H8N2P+. The molecule has 0 fully saturated rings. The van der Waals surface area contributed by atoms with Crippen molar-refractivity contribution in [2.24, 2.45) is 0 Å².